The molecule has 126 valence electrons. The zero-order valence-corrected chi connectivity index (χ0v) is 14.3. The van der Waals surface area contributed by atoms with Crippen molar-refractivity contribution < 1.29 is 12.8 Å². The molecule has 0 radical (unpaired) electrons. The van der Waals surface area contributed by atoms with Gasteiger partial charge in [0.15, 0.2) is 9.84 Å². The molecular formula is C16H18N4O3S. The van der Waals surface area contributed by atoms with Crippen LogP contribution in [-0.4, -0.2) is 28.4 Å². The summed E-state index contributed by atoms with van der Waals surface area (Å²) in [6, 6.07) is 11.2. The Bertz CT molecular complexity index is 914. The van der Waals surface area contributed by atoms with Gasteiger partial charge in [0.25, 0.3) is 0 Å². The molecule has 0 spiro atoms. The highest BCUT2D eigenvalue weighted by Crippen LogP contribution is 2.16. The summed E-state index contributed by atoms with van der Waals surface area (Å²) in [5, 5.41) is 12.0. The second-order valence-corrected chi connectivity index (χ2v) is 7.87. The summed E-state index contributed by atoms with van der Waals surface area (Å²) in [5.74, 6) is 0.155. The van der Waals surface area contributed by atoms with Gasteiger partial charge in [-0.1, -0.05) is 32.0 Å². The second-order valence-electron chi connectivity index (χ2n) is 5.81. The van der Waals surface area contributed by atoms with Crippen LogP contribution in [0.2, 0.25) is 0 Å². The SMILES string of the molecule is CC(C)c1nnc(CS(=O)(=O)Cc2ccn(-c3ccccc3)n2)o1. The quantitative estimate of drug-likeness (QED) is 0.681. The predicted molar refractivity (Wildman–Crippen MR) is 88.3 cm³/mol. The zero-order chi connectivity index (χ0) is 17.2. The molecule has 0 fully saturated rings. The molecular weight excluding hydrogens is 328 g/mol. The monoisotopic (exact) mass is 346 g/mol. The fraction of sp³-hybridized carbons (Fsp3) is 0.312. The summed E-state index contributed by atoms with van der Waals surface area (Å²) in [6.07, 6.45) is 1.74. The summed E-state index contributed by atoms with van der Waals surface area (Å²) in [4.78, 5) is 0. The standard InChI is InChI=1S/C16H18N4O3S/c1-12(2)16-18-17-15(23-16)11-24(21,22)10-13-8-9-20(19-13)14-6-4-3-5-7-14/h3-9,12H,10-11H2,1-2H3. The first-order valence-corrected chi connectivity index (χ1v) is 9.38. The molecule has 3 aromatic rings. The van der Waals surface area contributed by atoms with Crippen LogP contribution in [0.25, 0.3) is 5.69 Å². The number of para-hydroxylation sites is 1. The molecule has 0 saturated heterocycles. The maximum Gasteiger partial charge on any atom is 0.231 e. The van der Waals surface area contributed by atoms with E-state index in [-0.39, 0.29) is 23.3 Å². The molecule has 0 unspecified atom stereocenters. The minimum absolute atomic E-state index is 0.0653. The van der Waals surface area contributed by atoms with E-state index in [1.54, 1.807) is 16.9 Å². The minimum atomic E-state index is -3.44. The highest BCUT2D eigenvalue weighted by Gasteiger charge is 2.20. The van der Waals surface area contributed by atoms with Gasteiger partial charge in [0, 0.05) is 12.1 Å². The van der Waals surface area contributed by atoms with Crippen molar-refractivity contribution in [2.45, 2.75) is 31.3 Å². The third kappa shape index (κ3) is 3.88. The van der Waals surface area contributed by atoms with Gasteiger partial charge in [0.05, 0.1) is 17.1 Å². The van der Waals surface area contributed by atoms with Crippen LogP contribution >= 0.6 is 0 Å². The van der Waals surface area contributed by atoms with Gasteiger partial charge >= 0.3 is 0 Å². The van der Waals surface area contributed by atoms with Crippen LogP contribution in [0.3, 0.4) is 0 Å². The molecule has 0 amide bonds. The Labute approximate surface area is 140 Å². The Kier molecular flexibility index (Phi) is 4.48. The molecule has 8 heteroatoms. The lowest BCUT2D eigenvalue weighted by Gasteiger charge is -2.01. The highest BCUT2D eigenvalue weighted by molar-refractivity contribution is 7.89. The van der Waals surface area contributed by atoms with Crippen molar-refractivity contribution in [3.8, 4) is 5.69 Å². The number of rotatable bonds is 6. The zero-order valence-electron chi connectivity index (χ0n) is 13.5. The number of hydrogen-bond donors (Lipinski definition) is 0. The summed E-state index contributed by atoms with van der Waals surface area (Å²) < 4.78 is 31.6. The van der Waals surface area contributed by atoms with Crippen molar-refractivity contribution in [1.29, 1.82) is 0 Å². The van der Waals surface area contributed by atoms with Gasteiger partial charge in [-0.3, -0.25) is 0 Å². The van der Waals surface area contributed by atoms with E-state index < -0.39 is 9.84 Å². The molecule has 0 saturated carbocycles. The number of hydrogen-bond acceptors (Lipinski definition) is 6. The Morgan fingerprint density at radius 3 is 2.50 bits per heavy atom. The largest absolute Gasteiger partial charge is 0.424 e. The lowest BCUT2D eigenvalue weighted by atomic mass is 10.2. The summed E-state index contributed by atoms with van der Waals surface area (Å²) in [5.41, 5.74) is 1.35. The second kappa shape index (κ2) is 6.56. The smallest absolute Gasteiger partial charge is 0.231 e. The van der Waals surface area contributed by atoms with Crippen LogP contribution in [0.1, 0.15) is 37.2 Å². The van der Waals surface area contributed by atoms with Crippen molar-refractivity contribution in [2.75, 3.05) is 0 Å². The van der Waals surface area contributed by atoms with Gasteiger partial charge in [-0.2, -0.15) is 5.10 Å². The van der Waals surface area contributed by atoms with E-state index >= 15 is 0 Å². The van der Waals surface area contributed by atoms with Crippen molar-refractivity contribution in [2.24, 2.45) is 0 Å². The van der Waals surface area contributed by atoms with E-state index in [2.05, 4.69) is 15.3 Å². The van der Waals surface area contributed by atoms with Gasteiger partial charge in [0.2, 0.25) is 11.8 Å². The number of benzene rings is 1. The molecule has 0 N–H and O–H groups in total. The third-order valence-corrected chi connectivity index (χ3v) is 4.77. The molecule has 0 atom stereocenters. The topological polar surface area (TPSA) is 90.9 Å². The molecule has 0 aliphatic carbocycles. The molecule has 0 aliphatic rings. The van der Waals surface area contributed by atoms with E-state index in [1.165, 1.54) is 0 Å². The van der Waals surface area contributed by atoms with Crippen LogP contribution < -0.4 is 0 Å². The maximum absolute atomic E-state index is 12.3. The number of nitrogens with zero attached hydrogens (tertiary/aromatic N) is 4. The molecule has 24 heavy (non-hydrogen) atoms. The van der Waals surface area contributed by atoms with Gasteiger partial charge in [-0.05, 0) is 18.2 Å². The average molecular weight is 346 g/mol. The van der Waals surface area contributed by atoms with E-state index in [1.807, 2.05) is 44.2 Å². The van der Waals surface area contributed by atoms with Crippen molar-refractivity contribution >= 4 is 9.84 Å². The van der Waals surface area contributed by atoms with Gasteiger partial charge < -0.3 is 4.42 Å². The van der Waals surface area contributed by atoms with E-state index in [4.69, 9.17) is 4.42 Å². The highest BCUT2D eigenvalue weighted by atomic mass is 32.2. The van der Waals surface area contributed by atoms with Gasteiger partial charge in [-0.15, -0.1) is 10.2 Å². The minimum Gasteiger partial charge on any atom is -0.424 e. The van der Waals surface area contributed by atoms with Gasteiger partial charge in [-0.25, -0.2) is 13.1 Å². The van der Waals surface area contributed by atoms with E-state index in [0.29, 0.717) is 11.6 Å². The van der Waals surface area contributed by atoms with Crippen LogP contribution in [0.5, 0.6) is 0 Å². The first kappa shape index (κ1) is 16.4. The molecule has 2 aromatic heterocycles. The Balaban J connectivity index is 1.71. The first-order valence-electron chi connectivity index (χ1n) is 7.55. The van der Waals surface area contributed by atoms with Crippen LogP contribution in [0.4, 0.5) is 0 Å². The fourth-order valence-corrected chi connectivity index (χ4v) is 3.39. The van der Waals surface area contributed by atoms with E-state index in [0.717, 1.165) is 5.69 Å². The van der Waals surface area contributed by atoms with Gasteiger partial charge in [0.1, 0.15) is 5.75 Å². The predicted octanol–water partition coefficient (Wildman–Crippen LogP) is 2.49. The summed E-state index contributed by atoms with van der Waals surface area (Å²) >= 11 is 0. The van der Waals surface area contributed by atoms with Crippen LogP contribution in [0, 0.1) is 0 Å². The molecule has 2 heterocycles. The van der Waals surface area contributed by atoms with Crippen LogP contribution in [0.15, 0.2) is 47.0 Å². The molecule has 0 bridgehead atoms. The van der Waals surface area contributed by atoms with Crippen LogP contribution in [-0.2, 0) is 21.3 Å². The molecule has 1 aromatic carbocycles. The average Bonchev–Trinajstić information content (AvgIpc) is 3.17. The first-order chi connectivity index (χ1) is 11.4. The Morgan fingerprint density at radius 2 is 1.83 bits per heavy atom. The third-order valence-electron chi connectivity index (χ3n) is 3.35. The lowest BCUT2D eigenvalue weighted by molar-refractivity contribution is 0.442. The van der Waals surface area contributed by atoms with Crippen molar-refractivity contribution in [1.82, 2.24) is 20.0 Å². The Hall–Kier alpha value is -2.48. The summed E-state index contributed by atoms with van der Waals surface area (Å²) in [7, 11) is -3.44. The van der Waals surface area contributed by atoms with Crippen molar-refractivity contribution in [3.05, 3.63) is 60.1 Å². The Morgan fingerprint density at radius 1 is 1.08 bits per heavy atom. The lowest BCUT2D eigenvalue weighted by Crippen LogP contribution is -2.09. The number of sulfone groups is 1. The fourth-order valence-electron chi connectivity index (χ4n) is 2.19. The summed E-state index contributed by atoms with van der Waals surface area (Å²) in [6.45, 7) is 3.81. The molecule has 7 nitrogen and oxygen atoms in total. The van der Waals surface area contributed by atoms with Crippen molar-refractivity contribution in [3.63, 3.8) is 0 Å². The van der Waals surface area contributed by atoms with E-state index in [9.17, 15) is 8.42 Å². The molecule has 0 aliphatic heterocycles. The number of aromatic nitrogens is 4. The normalized spacial score (nSPS) is 12.0. The molecule has 3 rings (SSSR count). The maximum atomic E-state index is 12.3.